The summed E-state index contributed by atoms with van der Waals surface area (Å²) in [4.78, 5) is 22.3. The summed E-state index contributed by atoms with van der Waals surface area (Å²) in [6.07, 6.45) is 0.223. The topological polar surface area (TPSA) is 82.6 Å². The molecular formula is C23H24N4O3S. The second-order valence-electron chi connectivity index (χ2n) is 7.40. The highest BCUT2D eigenvalue weighted by Gasteiger charge is 2.28. The number of aryl methyl sites for hydroxylation is 1. The highest BCUT2D eigenvalue weighted by atomic mass is 32.1. The third-order valence-corrected chi connectivity index (χ3v) is 6.39. The molecule has 8 heteroatoms. The third kappa shape index (κ3) is 4.63. The van der Waals surface area contributed by atoms with Gasteiger partial charge in [0.1, 0.15) is 17.6 Å². The predicted octanol–water partition coefficient (Wildman–Crippen LogP) is 3.67. The Bertz CT molecular complexity index is 1060. The van der Waals surface area contributed by atoms with E-state index in [2.05, 4.69) is 16.0 Å². The van der Waals surface area contributed by atoms with Crippen molar-refractivity contribution in [3.63, 3.8) is 0 Å². The fraction of sp³-hybridized carbons (Fsp3) is 0.348. The van der Waals surface area contributed by atoms with E-state index in [4.69, 9.17) is 9.15 Å². The van der Waals surface area contributed by atoms with Crippen molar-refractivity contribution in [1.29, 1.82) is 5.26 Å². The SMILES string of the molecule is COc1ccc(C(C#N)N2CCN(C(=O)Cc3nc(-c4cccs4)oc3C)CC2)cc1. The van der Waals surface area contributed by atoms with Crippen molar-refractivity contribution in [3.05, 3.63) is 58.8 Å². The fourth-order valence-electron chi connectivity index (χ4n) is 3.74. The second kappa shape index (κ2) is 9.33. The van der Waals surface area contributed by atoms with Gasteiger partial charge >= 0.3 is 0 Å². The van der Waals surface area contributed by atoms with Crippen LogP contribution in [0.5, 0.6) is 5.75 Å². The molecule has 1 amide bonds. The molecule has 2 aromatic heterocycles. The number of nitrogens with zero attached hydrogens (tertiary/aromatic N) is 4. The van der Waals surface area contributed by atoms with Gasteiger partial charge in [-0.15, -0.1) is 11.3 Å². The van der Waals surface area contributed by atoms with Crippen molar-refractivity contribution in [2.24, 2.45) is 0 Å². The number of methoxy groups -OCH3 is 1. The minimum atomic E-state index is -0.339. The summed E-state index contributed by atoms with van der Waals surface area (Å²) in [6, 6.07) is 13.5. The van der Waals surface area contributed by atoms with Gasteiger partial charge in [0.05, 0.1) is 30.2 Å². The van der Waals surface area contributed by atoms with Crippen molar-refractivity contribution >= 4 is 17.2 Å². The zero-order valence-corrected chi connectivity index (χ0v) is 18.4. The lowest BCUT2D eigenvalue weighted by molar-refractivity contribution is -0.132. The molecule has 31 heavy (non-hydrogen) atoms. The van der Waals surface area contributed by atoms with Crippen LogP contribution < -0.4 is 4.74 Å². The monoisotopic (exact) mass is 436 g/mol. The number of carbonyl (C=O) groups is 1. The molecule has 4 rings (SSSR count). The number of benzene rings is 1. The van der Waals surface area contributed by atoms with Crippen molar-refractivity contribution in [2.75, 3.05) is 33.3 Å². The van der Waals surface area contributed by atoms with Gasteiger partial charge in [0, 0.05) is 26.2 Å². The summed E-state index contributed by atoms with van der Waals surface area (Å²) < 4.78 is 10.9. The lowest BCUT2D eigenvalue weighted by atomic mass is 10.1. The van der Waals surface area contributed by atoms with Crippen LogP contribution in [0.2, 0.25) is 0 Å². The van der Waals surface area contributed by atoms with Crippen LogP contribution in [0.4, 0.5) is 0 Å². The minimum Gasteiger partial charge on any atom is -0.497 e. The van der Waals surface area contributed by atoms with Crippen LogP contribution in [0.25, 0.3) is 10.8 Å². The molecule has 1 aliphatic heterocycles. The van der Waals surface area contributed by atoms with Crippen LogP contribution in [0.1, 0.15) is 23.1 Å². The molecule has 0 spiro atoms. The number of rotatable bonds is 6. The lowest BCUT2D eigenvalue weighted by Gasteiger charge is -2.37. The van der Waals surface area contributed by atoms with Gasteiger partial charge in [-0.3, -0.25) is 9.69 Å². The maximum atomic E-state index is 12.9. The van der Waals surface area contributed by atoms with E-state index in [1.807, 2.05) is 53.6 Å². The van der Waals surface area contributed by atoms with E-state index in [0.717, 1.165) is 16.2 Å². The van der Waals surface area contributed by atoms with Crippen LogP contribution in [0.15, 0.2) is 46.2 Å². The van der Waals surface area contributed by atoms with Crippen LogP contribution in [-0.2, 0) is 11.2 Å². The van der Waals surface area contributed by atoms with Gasteiger partial charge in [-0.2, -0.15) is 5.26 Å². The van der Waals surface area contributed by atoms with Gasteiger partial charge in [0.15, 0.2) is 0 Å². The summed E-state index contributed by atoms with van der Waals surface area (Å²) in [5, 5.41) is 11.7. The number of ether oxygens (including phenoxy) is 1. The molecule has 3 heterocycles. The van der Waals surface area contributed by atoms with E-state index >= 15 is 0 Å². The normalized spacial score (nSPS) is 15.5. The van der Waals surface area contributed by atoms with Gasteiger partial charge in [0.25, 0.3) is 0 Å². The Morgan fingerprint density at radius 1 is 1.26 bits per heavy atom. The Morgan fingerprint density at radius 2 is 2.00 bits per heavy atom. The van der Waals surface area contributed by atoms with Gasteiger partial charge < -0.3 is 14.1 Å². The number of carbonyl (C=O) groups excluding carboxylic acids is 1. The Morgan fingerprint density at radius 3 is 2.61 bits per heavy atom. The van der Waals surface area contributed by atoms with Gasteiger partial charge in [-0.1, -0.05) is 18.2 Å². The number of amides is 1. The van der Waals surface area contributed by atoms with E-state index in [9.17, 15) is 10.1 Å². The molecule has 160 valence electrons. The van der Waals surface area contributed by atoms with Crippen molar-refractivity contribution < 1.29 is 13.9 Å². The number of hydrogen-bond acceptors (Lipinski definition) is 7. The first-order chi connectivity index (χ1) is 15.1. The van der Waals surface area contributed by atoms with E-state index in [0.29, 0.717) is 43.5 Å². The molecule has 1 fully saturated rings. The number of oxazole rings is 1. The summed E-state index contributed by atoms with van der Waals surface area (Å²) in [6.45, 7) is 4.31. The Hall–Kier alpha value is -3.15. The van der Waals surface area contributed by atoms with Crippen molar-refractivity contribution in [2.45, 2.75) is 19.4 Å². The standard InChI is InChI=1S/C23H24N4O3S/c1-16-19(25-23(30-16)21-4-3-13-31-21)14-22(28)27-11-9-26(10-12-27)20(15-24)17-5-7-18(29-2)8-6-17/h3-8,13,20H,9-12,14H2,1-2H3. The van der Waals surface area contributed by atoms with Gasteiger partial charge in [-0.25, -0.2) is 4.98 Å². The minimum absolute atomic E-state index is 0.0340. The molecule has 0 saturated carbocycles. The Labute approximate surface area is 185 Å². The van der Waals surface area contributed by atoms with Crippen LogP contribution in [0.3, 0.4) is 0 Å². The third-order valence-electron chi connectivity index (χ3n) is 5.53. The van der Waals surface area contributed by atoms with Crippen LogP contribution in [-0.4, -0.2) is 54.0 Å². The molecule has 0 N–H and O–H groups in total. The highest BCUT2D eigenvalue weighted by molar-refractivity contribution is 7.13. The number of piperazine rings is 1. The first kappa shape index (κ1) is 21.1. The average Bonchev–Trinajstić information content (AvgIpc) is 3.45. The summed E-state index contributed by atoms with van der Waals surface area (Å²) >= 11 is 1.56. The number of thiophene rings is 1. The maximum absolute atomic E-state index is 12.9. The molecule has 0 radical (unpaired) electrons. The predicted molar refractivity (Wildman–Crippen MR) is 118 cm³/mol. The average molecular weight is 437 g/mol. The number of hydrogen-bond donors (Lipinski definition) is 0. The zero-order chi connectivity index (χ0) is 21.8. The van der Waals surface area contributed by atoms with Crippen molar-refractivity contribution in [1.82, 2.24) is 14.8 Å². The first-order valence-electron chi connectivity index (χ1n) is 10.1. The zero-order valence-electron chi connectivity index (χ0n) is 17.6. The van der Waals surface area contributed by atoms with E-state index in [-0.39, 0.29) is 18.4 Å². The van der Waals surface area contributed by atoms with Crippen LogP contribution in [0, 0.1) is 18.3 Å². The highest BCUT2D eigenvalue weighted by Crippen LogP contribution is 2.27. The molecule has 0 bridgehead atoms. The molecular weight excluding hydrogens is 412 g/mol. The summed E-state index contributed by atoms with van der Waals surface area (Å²) in [7, 11) is 1.62. The Kier molecular flexibility index (Phi) is 6.35. The number of nitriles is 1. The quantitative estimate of drug-likeness (QED) is 0.586. The molecule has 0 aliphatic carbocycles. The lowest BCUT2D eigenvalue weighted by Crippen LogP contribution is -2.50. The Balaban J connectivity index is 1.36. The van der Waals surface area contributed by atoms with Crippen molar-refractivity contribution in [3.8, 4) is 22.6 Å². The fourth-order valence-corrected chi connectivity index (χ4v) is 4.38. The second-order valence-corrected chi connectivity index (χ2v) is 8.35. The molecule has 1 aliphatic rings. The summed E-state index contributed by atoms with van der Waals surface area (Å²) in [5.41, 5.74) is 1.62. The first-order valence-corrected chi connectivity index (χ1v) is 11.0. The molecule has 1 aromatic carbocycles. The summed E-state index contributed by atoms with van der Waals surface area (Å²) in [5.74, 6) is 2.05. The molecule has 3 aromatic rings. The maximum Gasteiger partial charge on any atom is 0.236 e. The van der Waals surface area contributed by atoms with E-state index in [1.54, 1.807) is 18.4 Å². The van der Waals surface area contributed by atoms with E-state index in [1.165, 1.54) is 0 Å². The van der Waals surface area contributed by atoms with Gasteiger partial charge in [0.2, 0.25) is 11.8 Å². The van der Waals surface area contributed by atoms with Gasteiger partial charge in [-0.05, 0) is 36.1 Å². The smallest absolute Gasteiger partial charge is 0.236 e. The molecule has 1 unspecified atom stereocenters. The molecule has 1 atom stereocenters. The molecule has 7 nitrogen and oxygen atoms in total. The molecule has 1 saturated heterocycles. The van der Waals surface area contributed by atoms with E-state index < -0.39 is 0 Å². The number of aromatic nitrogens is 1. The largest absolute Gasteiger partial charge is 0.497 e. The van der Waals surface area contributed by atoms with Crippen LogP contribution >= 0.6 is 11.3 Å².